The molecule has 2 aromatic carbocycles. The van der Waals surface area contributed by atoms with Gasteiger partial charge in [-0.1, -0.05) is 45.7 Å². The van der Waals surface area contributed by atoms with Gasteiger partial charge in [-0.05, 0) is 29.8 Å². The quantitative estimate of drug-likeness (QED) is 0.795. The van der Waals surface area contributed by atoms with Gasteiger partial charge in [0, 0.05) is 16.0 Å². The van der Waals surface area contributed by atoms with E-state index in [0.29, 0.717) is 15.1 Å². The van der Waals surface area contributed by atoms with Gasteiger partial charge in [-0.15, -0.1) is 0 Å². The van der Waals surface area contributed by atoms with E-state index >= 15 is 0 Å². The van der Waals surface area contributed by atoms with Gasteiger partial charge in [0.1, 0.15) is 5.82 Å². The van der Waals surface area contributed by atoms with Crippen LogP contribution >= 0.6 is 27.5 Å². The molecule has 0 fully saturated rings. The van der Waals surface area contributed by atoms with Crippen molar-refractivity contribution in [2.75, 3.05) is 5.32 Å². The van der Waals surface area contributed by atoms with Gasteiger partial charge < -0.3 is 10.6 Å². The Bertz CT molecular complexity index is 724. The highest BCUT2D eigenvalue weighted by atomic mass is 79.9. The molecule has 0 heterocycles. The van der Waals surface area contributed by atoms with Crippen molar-refractivity contribution in [3.05, 3.63) is 63.3 Å². The molecule has 0 aliphatic carbocycles. The van der Waals surface area contributed by atoms with Gasteiger partial charge in [0.25, 0.3) is 0 Å². The van der Waals surface area contributed by atoms with Crippen molar-refractivity contribution in [3.63, 3.8) is 0 Å². The van der Waals surface area contributed by atoms with Crippen LogP contribution in [0.1, 0.15) is 5.56 Å². The van der Waals surface area contributed by atoms with E-state index in [4.69, 9.17) is 11.6 Å². The minimum absolute atomic E-state index is 0.0684. The number of carbonyl (C=O) groups is 2. The van der Waals surface area contributed by atoms with Gasteiger partial charge in [0.2, 0.25) is 0 Å². The minimum Gasteiger partial charge on any atom is -0.344 e. The third kappa shape index (κ3) is 4.29. The predicted molar refractivity (Wildman–Crippen MR) is 86.0 cm³/mol. The molecule has 2 rings (SSSR count). The van der Waals surface area contributed by atoms with Crippen molar-refractivity contribution in [2.45, 2.75) is 6.54 Å². The zero-order chi connectivity index (χ0) is 16.1. The molecule has 0 radical (unpaired) electrons. The van der Waals surface area contributed by atoms with Crippen LogP contribution in [0.5, 0.6) is 0 Å². The maximum absolute atomic E-state index is 13.6. The second-order valence-electron chi connectivity index (χ2n) is 4.35. The third-order valence-electron chi connectivity index (χ3n) is 2.78. The first-order chi connectivity index (χ1) is 10.5. The molecule has 0 aliphatic rings. The van der Waals surface area contributed by atoms with E-state index in [1.807, 2.05) is 0 Å². The SMILES string of the molecule is O=C(NCc1ccccc1Cl)C(=O)Nc1ccc(Br)cc1F. The van der Waals surface area contributed by atoms with Crippen molar-refractivity contribution in [2.24, 2.45) is 0 Å². The zero-order valence-corrected chi connectivity index (χ0v) is 13.5. The van der Waals surface area contributed by atoms with Gasteiger partial charge in [-0.25, -0.2) is 4.39 Å². The Morgan fingerprint density at radius 3 is 2.55 bits per heavy atom. The summed E-state index contributed by atoms with van der Waals surface area (Å²) in [4.78, 5) is 23.4. The lowest BCUT2D eigenvalue weighted by Gasteiger charge is -2.08. The zero-order valence-electron chi connectivity index (χ0n) is 11.2. The van der Waals surface area contributed by atoms with E-state index in [0.717, 1.165) is 0 Å². The monoisotopic (exact) mass is 384 g/mol. The highest BCUT2D eigenvalue weighted by Crippen LogP contribution is 2.19. The summed E-state index contributed by atoms with van der Waals surface area (Å²) < 4.78 is 14.1. The maximum atomic E-state index is 13.6. The number of amides is 2. The highest BCUT2D eigenvalue weighted by molar-refractivity contribution is 9.10. The van der Waals surface area contributed by atoms with Gasteiger partial charge in [-0.2, -0.15) is 0 Å². The number of halogens is 3. The van der Waals surface area contributed by atoms with Crippen LogP contribution in [0.25, 0.3) is 0 Å². The first kappa shape index (κ1) is 16.5. The molecule has 0 aliphatic heterocycles. The summed E-state index contributed by atoms with van der Waals surface area (Å²) in [5, 5.41) is 5.12. The molecule has 4 nitrogen and oxygen atoms in total. The van der Waals surface area contributed by atoms with Crippen molar-refractivity contribution in [1.82, 2.24) is 5.32 Å². The fourth-order valence-electron chi connectivity index (χ4n) is 1.67. The van der Waals surface area contributed by atoms with Crippen LogP contribution in [0, 0.1) is 5.82 Å². The molecule has 22 heavy (non-hydrogen) atoms. The Hall–Kier alpha value is -1.92. The lowest BCUT2D eigenvalue weighted by atomic mass is 10.2. The average Bonchev–Trinajstić information content (AvgIpc) is 2.49. The molecule has 2 N–H and O–H groups in total. The predicted octanol–water partition coefficient (Wildman–Crippen LogP) is 3.50. The number of hydrogen-bond donors (Lipinski definition) is 2. The van der Waals surface area contributed by atoms with E-state index in [2.05, 4.69) is 26.6 Å². The molecule has 0 unspecified atom stereocenters. The van der Waals surface area contributed by atoms with E-state index in [9.17, 15) is 14.0 Å². The molecule has 0 saturated heterocycles. The second-order valence-corrected chi connectivity index (χ2v) is 5.68. The van der Waals surface area contributed by atoms with Crippen LogP contribution in [0.2, 0.25) is 5.02 Å². The summed E-state index contributed by atoms with van der Waals surface area (Å²) in [6, 6.07) is 11.0. The molecule has 7 heteroatoms. The maximum Gasteiger partial charge on any atom is 0.313 e. The van der Waals surface area contributed by atoms with Crippen LogP contribution in [-0.2, 0) is 16.1 Å². The van der Waals surface area contributed by atoms with Gasteiger partial charge in [0.05, 0.1) is 5.69 Å². The number of hydrogen-bond acceptors (Lipinski definition) is 2. The average molecular weight is 386 g/mol. The summed E-state index contributed by atoms with van der Waals surface area (Å²) in [5.74, 6) is -2.46. The summed E-state index contributed by atoms with van der Waals surface area (Å²) in [6.07, 6.45) is 0. The van der Waals surface area contributed by atoms with Crippen molar-refractivity contribution < 1.29 is 14.0 Å². The normalized spacial score (nSPS) is 10.1. The van der Waals surface area contributed by atoms with Crippen LogP contribution in [0.4, 0.5) is 10.1 Å². The molecule has 114 valence electrons. The van der Waals surface area contributed by atoms with Gasteiger partial charge in [0.15, 0.2) is 0 Å². The largest absolute Gasteiger partial charge is 0.344 e. The van der Waals surface area contributed by atoms with E-state index < -0.39 is 17.6 Å². The van der Waals surface area contributed by atoms with Crippen LogP contribution < -0.4 is 10.6 Å². The number of rotatable bonds is 3. The van der Waals surface area contributed by atoms with Crippen LogP contribution in [0.15, 0.2) is 46.9 Å². The standard InChI is InChI=1S/C15H11BrClFN2O2/c16-10-5-6-13(12(18)7-10)20-15(22)14(21)19-8-9-3-1-2-4-11(9)17/h1-7H,8H2,(H,19,21)(H,20,22). The van der Waals surface area contributed by atoms with Gasteiger partial charge >= 0.3 is 11.8 Å². The Morgan fingerprint density at radius 2 is 1.86 bits per heavy atom. The first-order valence-electron chi connectivity index (χ1n) is 6.25. The Morgan fingerprint density at radius 1 is 1.14 bits per heavy atom. The van der Waals surface area contributed by atoms with Crippen molar-refractivity contribution in [1.29, 1.82) is 0 Å². The van der Waals surface area contributed by atoms with Crippen LogP contribution in [0.3, 0.4) is 0 Å². The first-order valence-corrected chi connectivity index (χ1v) is 7.42. The molecule has 2 amide bonds. The smallest absolute Gasteiger partial charge is 0.313 e. The Balaban J connectivity index is 1.95. The van der Waals surface area contributed by atoms with E-state index in [1.54, 1.807) is 30.3 Å². The number of carbonyl (C=O) groups excluding carboxylic acids is 2. The van der Waals surface area contributed by atoms with E-state index in [-0.39, 0.29) is 12.2 Å². The van der Waals surface area contributed by atoms with Gasteiger partial charge in [-0.3, -0.25) is 9.59 Å². The van der Waals surface area contributed by atoms with Crippen molar-refractivity contribution >= 4 is 45.0 Å². The molecule has 0 spiro atoms. The summed E-state index contributed by atoms with van der Waals surface area (Å²) in [6.45, 7) is 0.106. The molecular weight excluding hydrogens is 375 g/mol. The number of nitrogens with one attached hydrogen (secondary N) is 2. The number of benzene rings is 2. The molecule has 0 bridgehead atoms. The lowest BCUT2D eigenvalue weighted by Crippen LogP contribution is -2.35. The molecule has 0 aromatic heterocycles. The highest BCUT2D eigenvalue weighted by Gasteiger charge is 2.15. The number of anilines is 1. The molecule has 0 saturated carbocycles. The Kier molecular flexibility index (Phi) is 5.51. The second kappa shape index (κ2) is 7.38. The molecule has 2 aromatic rings. The van der Waals surface area contributed by atoms with E-state index in [1.165, 1.54) is 12.1 Å². The summed E-state index contributed by atoms with van der Waals surface area (Å²) in [5.41, 5.74) is 0.612. The third-order valence-corrected chi connectivity index (χ3v) is 3.64. The van der Waals surface area contributed by atoms with Crippen molar-refractivity contribution in [3.8, 4) is 0 Å². The Labute approximate surface area is 139 Å². The fourth-order valence-corrected chi connectivity index (χ4v) is 2.20. The fraction of sp³-hybridized carbons (Fsp3) is 0.0667. The molecule has 0 atom stereocenters. The minimum atomic E-state index is -0.951. The molecular formula is C15H11BrClFN2O2. The lowest BCUT2D eigenvalue weighted by molar-refractivity contribution is -0.136. The van der Waals surface area contributed by atoms with Crippen LogP contribution in [-0.4, -0.2) is 11.8 Å². The topological polar surface area (TPSA) is 58.2 Å². The summed E-state index contributed by atoms with van der Waals surface area (Å²) in [7, 11) is 0. The summed E-state index contributed by atoms with van der Waals surface area (Å²) >= 11 is 9.05.